The number of para-hydroxylation sites is 2. The number of hydrogen-bond donors (Lipinski definition) is 2. The van der Waals surface area contributed by atoms with Crippen molar-refractivity contribution >= 4 is 57.4 Å². The number of fused-ring (bicyclic) bond motifs is 1. The van der Waals surface area contributed by atoms with Crippen LogP contribution in [0.1, 0.15) is 33.4 Å². The van der Waals surface area contributed by atoms with Crippen LogP contribution in [0.15, 0.2) is 60.0 Å². The van der Waals surface area contributed by atoms with Crippen molar-refractivity contribution in [3.8, 4) is 0 Å². The van der Waals surface area contributed by atoms with E-state index in [9.17, 15) is 9.59 Å². The summed E-state index contributed by atoms with van der Waals surface area (Å²) in [5, 5.41) is 7.84. The van der Waals surface area contributed by atoms with E-state index < -0.39 is 0 Å². The number of carbonyl (C=O) groups is 2. The van der Waals surface area contributed by atoms with Gasteiger partial charge in [-0.05, 0) is 55.1 Å². The molecular formula is C24H23ClN4O3S. The van der Waals surface area contributed by atoms with Crippen molar-refractivity contribution in [2.75, 3.05) is 23.8 Å². The van der Waals surface area contributed by atoms with Gasteiger partial charge in [0.25, 0.3) is 11.8 Å². The molecule has 33 heavy (non-hydrogen) atoms. The Kier molecular flexibility index (Phi) is 7.39. The summed E-state index contributed by atoms with van der Waals surface area (Å²) in [7, 11) is 0. The predicted molar refractivity (Wildman–Crippen MR) is 133 cm³/mol. The van der Waals surface area contributed by atoms with E-state index in [1.807, 2.05) is 41.1 Å². The number of aromatic nitrogens is 2. The predicted octanol–water partition coefficient (Wildman–Crippen LogP) is 5.68. The lowest BCUT2D eigenvalue weighted by Gasteiger charge is -2.12. The lowest BCUT2D eigenvalue weighted by atomic mass is 10.2. The quantitative estimate of drug-likeness (QED) is 0.300. The fourth-order valence-electron chi connectivity index (χ4n) is 3.39. The van der Waals surface area contributed by atoms with E-state index in [2.05, 4.69) is 15.6 Å². The molecule has 9 heteroatoms. The highest BCUT2D eigenvalue weighted by atomic mass is 35.5. The Bertz CT molecular complexity index is 1270. The topological polar surface area (TPSA) is 85.2 Å². The van der Waals surface area contributed by atoms with Gasteiger partial charge >= 0.3 is 0 Å². The maximum Gasteiger partial charge on any atom is 0.265 e. The number of thiophene rings is 1. The van der Waals surface area contributed by atoms with Gasteiger partial charge < -0.3 is 14.6 Å². The normalized spacial score (nSPS) is 11.0. The molecule has 0 unspecified atom stereocenters. The van der Waals surface area contributed by atoms with Crippen LogP contribution >= 0.6 is 22.9 Å². The summed E-state index contributed by atoms with van der Waals surface area (Å²) in [6.45, 7) is 3.90. The number of halogens is 1. The first-order chi connectivity index (χ1) is 16.1. The number of amides is 2. The molecule has 0 aliphatic heterocycles. The number of nitrogens with one attached hydrogen (secondary N) is 2. The second kappa shape index (κ2) is 10.6. The first-order valence-corrected chi connectivity index (χ1v) is 11.8. The van der Waals surface area contributed by atoms with Gasteiger partial charge in [-0.1, -0.05) is 29.8 Å². The van der Waals surface area contributed by atoms with Crippen molar-refractivity contribution in [2.24, 2.45) is 0 Å². The standard InChI is InChI=1S/C24H23ClN4O3S/c1-2-32-13-6-12-29-20-8-4-3-7-18(20)27-24(29)28-22(30)16-10-11-17(25)19(15-16)26-23(31)21-9-5-14-33-21/h3-5,7-11,14-15H,2,6,12-13H2,1H3,(H,26,31)(H,27,28,30). The lowest BCUT2D eigenvalue weighted by Crippen LogP contribution is -2.17. The summed E-state index contributed by atoms with van der Waals surface area (Å²) >= 11 is 7.58. The molecule has 2 heterocycles. The molecule has 0 saturated carbocycles. The van der Waals surface area contributed by atoms with Crippen molar-refractivity contribution in [1.29, 1.82) is 0 Å². The Morgan fingerprint density at radius 1 is 1.09 bits per heavy atom. The first kappa shape index (κ1) is 23.0. The molecule has 2 aromatic heterocycles. The van der Waals surface area contributed by atoms with Gasteiger partial charge in [0.2, 0.25) is 5.95 Å². The fourth-order valence-corrected chi connectivity index (χ4v) is 4.18. The zero-order valence-corrected chi connectivity index (χ0v) is 19.6. The van der Waals surface area contributed by atoms with Crippen molar-refractivity contribution in [3.05, 3.63) is 75.4 Å². The molecule has 0 saturated heterocycles. The third-order valence-electron chi connectivity index (χ3n) is 4.98. The molecule has 7 nitrogen and oxygen atoms in total. The molecule has 4 aromatic rings. The van der Waals surface area contributed by atoms with Crippen LogP contribution in [0.3, 0.4) is 0 Å². The summed E-state index contributed by atoms with van der Waals surface area (Å²) < 4.78 is 7.42. The highest BCUT2D eigenvalue weighted by Crippen LogP contribution is 2.26. The Morgan fingerprint density at radius 3 is 2.73 bits per heavy atom. The van der Waals surface area contributed by atoms with Crippen LogP contribution in [0, 0.1) is 0 Å². The van der Waals surface area contributed by atoms with E-state index in [1.165, 1.54) is 11.3 Å². The average molecular weight is 483 g/mol. The van der Waals surface area contributed by atoms with E-state index in [0.717, 1.165) is 17.5 Å². The SMILES string of the molecule is CCOCCCn1c(NC(=O)c2ccc(Cl)c(NC(=O)c3cccs3)c2)nc2ccccc21. The molecule has 170 valence electrons. The molecule has 0 bridgehead atoms. The van der Waals surface area contributed by atoms with Crippen molar-refractivity contribution < 1.29 is 14.3 Å². The number of aryl methyl sites for hydroxylation is 1. The van der Waals surface area contributed by atoms with E-state index in [-0.39, 0.29) is 11.8 Å². The summed E-state index contributed by atoms with van der Waals surface area (Å²) in [5.41, 5.74) is 2.45. The number of nitrogens with zero attached hydrogens (tertiary/aromatic N) is 2. The van der Waals surface area contributed by atoms with Gasteiger partial charge in [0.1, 0.15) is 0 Å². The largest absolute Gasteiger partial charge is 0.382 e. The third kappa shape index (κ3) is 5.42. The lowest BCUT2D eigenvalue weighted by molar-refractivity contribution is 0.101. The molecule has 2 aromatic carbocycles. The molecular weight excluding hydrogens is 460 g/mol. The number of anilines is 2. The first-order valence-electron chi connectivity index (χ1n) is 10.6. The minimum absolute atomic E-state index is 0.277. The molecule has 0 fully saturated rings. The minimum atomic E-state index is -0.348. The Hall–Kier alpha value is -3.20. The molecule has 0 radical (unpaired) electrons. The molecule has 4 rings (SSSR count). The van der Waals surface area contributed by atoms with Gasteiger partial charge in [0.05, 0.1) is 26.6 Å². The van der Waals surface area contributed by atoms with E-state index in [1.54, 1.807) is 30.3 Å². The van der Waals surface area contributed by atoms with E-state index in [0.29, 0.717) is 46.9 Å². The zero-order valence-electron chi connectivity index (χ0n) is 18.0. The Labute approximate surface area is 200 Å². The average Bonchev–Trinajstić information content (AvgIpc) is 3.47. The van der Waals surface area contributed by atoms with Gasteiger partial charge in [-0.15, -0.1) is 11.3 Å². The molecule has 2 amide bonds. The van der Waals surface area contributed by atoms with Crippen LogP contribution in [0.5, 0.6) is 0 Å². The van der Waals surface area contributed by atoms with Crippen LogP contribution in [0.2, 0.25) is 5.02 Å². The van der Waals surface area contributed by atoms with Gasteiger partial charge in [0.15, 0.2) is 0 Å². The van der Waals surface area contributed by atoms with Gasteiger partial charge in [-0.3, -0.25) is 14.9 Å². The number of rotatable bonds is 9. The van der Waals surface area contributed by atoms with Gasteiger partial charge in [-0.2, -0.15) is 0 Å². The van der Waals surface area contributed by atoms with Crippen LogP contribution in [0.25, 0.3) is 11.0 Å². The maximum atomic E-state index is 13.1. The zero-order chi connectivity index (χ0) is 23.2. The summed E-state index contributed by atoms with van der Waals surface area (Å²) in [4.78, 5) is 30.6. The number of benzene rings is 2. The highest BCUT2D eigenvalue weighted by molar-refractivity contribution is 7.12. The number of ether oxygens (including phenoxy) is 1. The van der Waals surface area contributed by atoms with E-state index >= 15 is 0 Å². The van der Waals surface area contributed by atoms with Crippen molar-refractivity contribution in [2.45, 2.75) is 19.9 Å². The molecule has 0 atom stereocenters. The van der Waals surface area contributed by atoms with Crippen LogP contribution in [-0.4, -0.2) is 34.6 Å². The second-order valence-corrected chi connectivity index (χ2v) is 8.56. The van der Waals surface area contributed by atoms with Crippen LogP contribution < -0.4 is 10.6 Å². The second-order valence-electron chi connectivity index (χ2n) is 7.21. The number of hydrogen-bond acceptors (Lipinski definition) is 5. The molecule has 0 aliphatic carbocycles. The number of imidazole rings is 1. The maximum absolute atomic E-state index is 13.1. The Balaban J connectivity index is 1.55. The summed E-state index contributed by atoms with van der Waals surface area (Å²) in [5.74, 6) is -0.169. The van der Waals surface area contributed by atoms with Crippen molar-refractivity contribution in [1.82, 2.24) is 9.55 Å². The summed E-state index contributed by atoms with van der Waals surface area (Å²) in [6, 6.07) is 16.0. The van der Waals surface area contributed by atoms with Gasteiger partial charge in [0, 0.05) is 25.3 Å². The van der Waals surface area contributed by atoms with Crippen molar-refractivity contribution in [3.63, 3.8) is 0 Å². The van der Waals surface area contributed by atoms with E-state index in [4.69, 9.17) is 16.3 Å². The minimum Gasteiger partial charge on any atom is -0.382 e. The van der Waals surface area contributed by atoms with Crippen LogP contribution in [-0.2, 0) is 11.3 Å². The van der Waals surface area contributed by atoms with Gasteiger partial charge in [-0.25, -0.2) is 4.98 Å². The highest BCUT2D eigenvalue weighted by Gasteiger charge is 2.16. The number of carbonyl (C=O) groups excluding carboxylic acids is 2. The monoisotopic (exact) mass is 482 g/mol. The molecule has 2 N–H and O–H groups in total. The van der Waals surface area contributed by atoms with Crippen LogP contribution in [0.4, 0.5) is 11.6 Å². The summed E-state index contributed by atoms with van der Waals surface area (Å²) in [6.07, 6.45) is 0.789. The molecule has 0 spiro atoms. The Morgan fingerprint density at radius 2 is 1.94 bits per heavy atom. The smallest absolute Gasteiger partial charge is 0.265 e. The fraction of sp³-hybridized carbons (Fsp3) is 0.208. The third-order valence-corrected chi connectivity index (χ3v) is 6.17. The molecule has 0 aliphatic rings.